The molecule has 15 heteroatoms. The molecule has 2 aliphatic rings. The lowest BCUT2D eigenvalue weighted by atomic mass is 10.0. The maximum absolute atomic E-state index is 13.5. The molecule has 5 rings (SSSR count). The predicted octanol–water partition coefficient (Wildman–Crippen LogP) is 4.00. The number of aromatic nitrogens is 5. The van der Waals surface area contributed by atoms with Gasteiger partial charge in [0.25, 0.3) is 0 Å². The second kappa shape index (κ2) is 15.6. The summed E-state index contributed by atoms with van der Waals surface area (Å²) in [5.74, 6) is 0.977. The average molecular weight is 680 g/mol. The monoisotopic (exact) mass is 679 g/mol. The van der Waals surface area contributed by atoms with Gasteiger partial charge in [0.15, 0.2) is 0 Å². The summed E-state index contributed by atoms with van der Waals surface area (Å²) in [5.41, 5.74) is 3.72. The molecule has 0 saturated carbocycles. The van der Waals surface area contributed by atoms with Crippen molar-refractivity contribution in [2.45, 2.75) is 90.4 Å². The van der Waals surface area contributed by atoms with E-state index in [0.717, 1.165) is 67.1 Å². The smallest absolute Gasteiger partial charge is 0.407 e. The molecule has 0 bridgehead atoms. The molecular formula is C34H49N9O6. The van der Waals surface area contributed by atoms with E-state index in [1.54, 1.807) is 11.1 Å². The number of likely N-dealkylation sites (tertiary alicyclic amines) is 2. The number of alkyl carbamates (subject to hydrolysis) is 2. The van der Waals surface area contributed by atoms with Crippen LogP contribution in [-0.4, -0.2) is 98.1 Å². The Balaban J connectivity index is 1.19. The number of aromatic amines is 3. The molecule has 4 unspecified atom stereocenters. The van der Waals surface area contributed by atoms with Crippen LogP contribution in [0.5, 0.6) is 0 Å². The van der Waals surface area contributed by atoms with Crippen molar-refractivity contribution in [2.75, 3.05) is 27.3 Å². The molecule has 0 spiro atoms. The van der Waals surface area contributed by atoms with Gasteiger partial charge in [-0.05, 0) is 62.5 Å². The zero-order valence-corrected chi connectivity index (χ0v) is 29.2. The van der Waals surface area contributed by atoms with Crippen molar-refractivity contribution >= 4 is 24.0 Å². The lowest BCUT2D eigenvalue weighted by Crippen LogP contribution is -2.51. The van der Waals surface area contributed by atoms with E-state index in [0.29, 0.717) is 18.9 Å². The first-order valence-electron chi connectivity index (χ1n) is 17.1. The minimum atomic E-state index is -0.688. The summed E-state index contributed by atoms with van der Waals surface area (Å²) >= 11 is 0. The Bertz CT molecular complexity index is 1610. The largest absolute Gasteiger partial charge is 0.453 e. The zero-order valence-electron chi connectivity index (χ0n) is 29.2. The summed E-state index contributed by atoms with van der Waals surface area (Å²) in [4.78, 5) is 73.9. The molecule has 15 nitrogen and oxygen atoms in total. The fourth-order valence-corrected chi connectivity index (χ4v) is 6.71. The first kappa shape index (κ1) is 35.5. The van der Waals surface area contributed by atoms with Crippen molar-refractivity contribution in [2.24, 2.45) is 11.8 Å². The Kier molecular flexibility index (Phi) is 11.3. The number of carbonyl (C=O) groups excluding carboxylic acids is 4. The molecule has 0 aliphatic carbocycles. The minimum absolute atomic E-state index is 0.0972. The Labute approximate surface area is 286 Å². The van der Waals surface area contributed by atoms with Crippen molar-refractivity contribution in [3.8, 4) is 11.4 Å². The number of aryl methyl sites for hydroxylation is 2. The first-order valence-corrected chi connectivity index (χ1v) is 17.1. The highest BCUT2D eigenvalue weighted by Crippen LogP contribution is 2.33. The number of methoxy groups -OCH3 is 2. The number of H-pyrrole nitrogens is 3. The van der Waals surface area contributed by atoms with Gasteiger partial charge in [-0.1, -0.05) is 27.7 Å². The lowest BCUT2D eigenvalue weighted by molar-refractivity contribution is -0.136. The molecule has 4 amide bonds. The highest BCUT2D eigenvalue weighted by Gasteiger charge is 2.39. The fourth-order valence-electron chi connectivity index (χ4n) is 6.71. The number of nitrogens with zero attached hydrogens (tertiary/aromatic N) is 4. The van der Waals surface area contributed by atoms with Crippen LogP contribution in [0, 0.1) is 11.8 Å². The number of ether oxygens (including phenoxy) is 2. The van der Waals surface area contributed by atoms with E-state index in [2.05, 4.69) is 35.6 Å². The van der Waals surface area contributed by atoms with Gasteiger partial charge in [-0.25, -0.2) is 19.6 Å². The van der Waals surface area contributed by atoms with Crippen LogP contribution in [-0.2, 0) is 31.9 Å². The Hall–Kier alpha value is -4.82. The number of imidazole rings is 2. The number of nitrogens with one attached hydrogen (secondary N) is 5. The van der Waals surface area contributed by atoms with E-state index in [-0.39, 0.29) is 35.7 Å². The van der Waals surface area contributed by atoms with E-state index in [1.165, 1.54) is 14.2 Å². The van der Waals surface area contributed by atoms with Gasteiger partial charge in [0.1, 0.15) is 23.7 Å². The van der Waals surface area contributed by atoms with Gasteiger partial charge in [0.05, 0.1) is 43.9 Å². The molecule has 0 radical (unpaired) electrons. The quantitative estimate of drug-likeness (QED) is 0.190. The van der Waals surface area contributed by atoms with E-state index < -0.39 is 24.3 Å². The first-order chi connectivity index (χ1) is 23.5. The van der Waals surface area contributed by atoms with E-state index in [1.807, 2.05) is 50.9 Å². The van der Waals surface area contributed by atoms with E-state index >= 15 is 0 Å². The van der Waals surface area contributed by atoms with Crippen molar-refractivity contribution in [3.05, 3.63) is 47.6 Å². The van der Waals surface area contributed by atoms with Crippen LogP contribution in [0.15, 0.2) is 24.5 Å². The molecule has 0 aromatic carbocycles. The van der Waals surface area contributed by atoms with Crippen LogP contribution in [0.25, 0.3) is 11.4 Å². The number of rotatable bonds is 12. The van der Waals surface area contributed by atoms with Crippen LogP contribution in [0.4, 0.5) is 9.59 Å². The molecule has 5 heterocycles. The Morgan fingerprint density at radius 1 is 0.735 bits per heavy atom. The third kappa shape index (κ3) is 8.08. The van der Waals surface area contributed by atoms with Gasteiger partial charge in [-0.3, -0.25) is 9.59 Å². The Morgan fingerprint density at radius 2 is 1.24 bits per heavy atom. The molecule has 4 atom stereocenters. The summed E-state index contributed by atoms with van der Waals surface area (Å²) in [6.45, 7) is 8.78. The third-order valence-electron chi connectivity index (χ3n) is 9.43. The van der Waals surface area contributed by atoms with Crippen LogP contribution >= 0.6 is 0 Å². The van der Waals surface area contributed by atoms with Gasteiger partial charge in [0, 0.05) is 30.7 Å². The summed E-state index contributed by atoms with van der Waals surface area (Å²) in [6, 6.07) is 2.29. The van der Waals surface area contributed by atoms with E-state index in [9.17, 15) is 19.2 Å². The number of carbonyl (C=O) groups is 4. The molecule has 5 N–H and O–H groups in total. The van der Waals surface area contributed by atoms with Crippen molar-refractivity contribution in [1.82, 2.24) is 45.4 Å². The van der Waals surface area contributed by atoms with Gasteiger partial charge < -0.3 is 44.9 Å². The summed E-state index contributed by atoms with van der Waals surface area (Å²) in [5, 5.41) is 5.37. The Morgan fingerprint density at radius 3 is 1.78 bits per heavy atom. The molecule has 3 aromatic heterocycles. The van der Waals surface area contributed by atoms with E-state index in [4.69, 9.17) is 9.47 Å². The average Bonchev–Trinajstić information content (AvgIpc) is 3.92. The lowest BCUT2D eigenvalue weighted by Gasteiger charge is -2.30. The summed E-state index contributed by atoms with van der Waals surface area (Å²) < 4.78 is 9.47. The van der Waals surface area contributed by atoms with Crippen LogP contribution < -0.4 is 10.6 Å². The fraction of sp³-hybridized carbons (Fsp3) is 0.588. The molecule has 2 aliphatic heterocycles. The maximum atomic E-state index is 13.5. The molecule has 49 heavy (non-hydrogen) atoms. The highest BCUT2D eigenvalue weighted by molar-refractivity contribution is 5.87. The second-order valence-electron chi connectivity index (χ2n) is 13.5. The molecular weight excluding hydrogens is 630 g/mol. The van der Waals surface area contributed by atoms with Gasteiger partial charge >= 0.3 is 12.2 Å². The summed E-state index contributed by atoms with van der Waals surface area (Å²) in [7, 11) is 2.57. The number of hydrogen-bond acceptors (Lipinski definition) is 8. The molecule has 2 fully saturated rings. The van der Waals surface area contributed by atoms with Crippen molar-refractivity contribution < 1.29 is 28.7 Å². The van der Waals surface area contributed by atoms with Crippen LogP contribution in [0.2, 0.25) is 0 Å². The van der Waals surface area contributed by atoms with Crippen molar-refractivity contribution in [1.29, 1.82) is 0 Å². The van der Waals surface area contributed by atoms with Gasteiger partial charge in [-0.2, -0.15) is 0 Å². The molecule has 2 saturated heterocycles. The highest BCUT2D eigenvalue weighted by atomic mass is 16.5. The topological polar surface area (TPSA) is 190 Å². The van der Waals surface area contributed by atoms with Gasteiger partial charge in [0.2, 0.25) is 11.8 Å². The standard InChI is InChI=1S/C34H49N9O6/c1-19(2)27(40-33(46)48-5)31(44)42-15-7-9-25(42)29-35-17-22(38-29)12-11-21-13-14-23(37-21)24-18-36-30(39-24)26-10-8-16-43(26)32(45)28(20(3)4)41-34(47)49-6/h13-14,17-20,25-28,37H,7-12,15-16H2,1-6H3,(H,35,38)(H,36,39)(H,40,46)(H,41,47). The van der Waals surface area contributed by atoms with Crippen LogP contribution in [0.1, 0.15) is 88.5 Å². The molecule has 3 aromatic rings. The minimum Gasteiger partial charge on any atom is -0.453 e. The predicted molar refractivity (Wildman–Crippen MR) is 180 cm³/mol. The number of hydrogen-bond donors (Lipinski definition) is 5. The number of amides is 4. The second-order valence-corrected chi connectivity index (χ2v) is 13.5. The molecule has 266 valence electrons. The third-order valence-corrected chi connectivity index (χ3v) is 9.43. The summed E-state index contributed by atoms with van der Waals surface area (Å²) in [6.07, 6.45) is 7.08. The maximum Gasteiger partial charge on any atom is 0.407 e. The zero-order chi connectivity index (χ0) is 35.2. The normalized spacial score (nSPS) is 18.9. The van der Waals surface area contributed by atoms with Crippen LogP contribution in [0.3, 0.4) is 0 Å². The van der Waals surface area contributed by atoms with Gasteiger partial charge in [-0.15, -0.1) is 0 Å². The SMILES string of the molecule is COC(=O)NC(C(=O)N1CCCC1c1ncc(CCc2ccc(-c3cnc(C4CCCN4C(=O)C(NC(=O)OC)C(C)C)[nH]3)[nH]2)[nH]1)C(C)C. The van der Waals surface area contributed by atoms with Crippen molar-refractivity contribution in [3.63, 3.8) is 0 Å².